The van der Waals surface area contributed by atoms with Gasteiger partial charge in [0.15, 0.2) is 5.78 Å². The van der Waals surface area contributed by atoms with Gasteiger partial charge in [-0.2, -0.15) is 0 Å². The lowest BCUT2D eigenvalue weighted by atomic mass is 9.91. The first-order valence-corrected chi connectivity index (χ1v) is 5.70. The van der Waals surface area contributed by atoms with Crippen LogP contribution in [-0.2, 0) is 4.79 Å². The normalized spacial score (nSPS) is 11.8. The molecular weight excluding hydrogens is 244 g/mol. The summed E-state index contributed by atoms with van der Waals surface area (Å²) in [5.41, 5.74) is 0.696. The van der Waals surface area contributed by atoms with Crippen LogP contribution < -0.4 is 0 Å². The number of benzene rings is 2. The number of carbonyl (C=O) groups excluding carboxylic acids is 1. The molecule has 0 heterocycles. The molecule has 4 heteroatoms. The van der Waals surface area contributed by atoms with Crippen LogP contribution in [0.4, 0.5) is 0 Å². The number of aliphatic carboxylic acids is 1. The van der Waals surface area contributed by atoms with Crippen LogP contribution in [0.15, 0.2) is 54.6 Å². The molecule has 0 aliphatic carbocycles. The third-order valence-electron chi connectivity index (χ3n) is 2.79. The summed E-state index contributed by atoms with van der Waals surface area (Å²) in [6.45, 7) is 0. The summed E-state index contributed by atoms with van der Waals surface area (Å²) in [5.74, 6) is -2.92. The van der Waals surface area contributed by atoms with E-state index in [9.17, 15) is 19.8 Å². The first kappa shape index (κ1) is 12.8. The highest BCUT2D eigenvalue weighted by atomic mass is 16.4. The van der Waals surface area contributed by atoms with Crippen molar-refractivity contribution in [1.82, 2.24) is 0 Å². The molecule has 0 aliphatic rings. The number of hydrogen-bond acceptors (Lipinski definition) is 3. The molecule has 0 spiro atoms. The molecule has 0 saturated carbocycles. The summed E-state index contributed by atoms with van der Waals surface area (Å²) in [6, 6.07) is 13.9. The van der Waals surface area contributed by atoms with Gasteiger partial charge in [0.25, 0.3) is 0 Å². The highest BCUT2D eigenvalue weighted by Crippen LogP contribution is 2.23. The number of phenols is 1. The standard InChI is InChI=1S/C15H12O4/c16-12-8-6-10(7-9-12)13(15(18)19)14(17)11-4-2-1-3-5-11/h1-9,13,16H,(H,18,19). The first-order valence-electron chi connectivity index (χ1n) is 5.70. The Balaban J connectivity index is 2.39. The summed E-state index contributed by atoms with van der Waals surface area (Å²) in [6.07, 6.45) is 0. The molecule has 0 bridgehead atoms. The van der Waals surface area contributed by atoms with Gasteiger partial charge in [-0.3, -0.25) is 9.59 Å². The van der Waals surface area contributed by atoms with Crippen LogP contribution in [0.1, 0.15) is 21.8 Å². The Kier molecular flexibility index (Phi) is 3.61. The third-order valence-corrected chi connectivity index (χ3v) is 2.79. The van der Waals surface area contributed by atoms with E-state index in [1.54, 1.807) is 30.3 Å². The fourth-order valence-electron chi connectivity index (χ4n) is 1.84. The molecule has 2 aromatic carbocycles. The number of aromatic hydroxyl groups is 1. The average molecular weight is 256 g/mol. The summed E-state index contributed by atoms with van der Waals surface area (Å²) < 4.78 is 0. The van der Waals surface area contributed by atoms with E-state index in [1.807, 2.05) is 0 Å². The highest BCUT2D eigenvalue weighted by molar-refractivity contribution is 6.12. The Labute approximate surface area is 109 Å². The van der Waals surface area contributed by atoms with Gasteiger partial charge in [-0.15, -0.1) is 0 Å². The first-order chi connectivity index (χ1) is 9.09. The maximum absolute atomic E-state index is 12.2. The van der Waals surface area contributed by atoms with Crippen molar-refractivity contribution in [3.05, 3.63) is 65.7 Å². The summed E-state index contributed by atoms with van der Waals surface area (Å²) in [4.78, 5) is 23.5. The van der Waals surface area contributed by atoms with Crippen molar-refractivity contribution in [2.75, 3.05) is 0 Å². The van der Waals surface area contributed by atoms with E-state index in [4.69, 9.17) is 0 Å². The molecule has 0 aromatic heterocycles. The summed E-state index contributed by atoms with van der Waals surface area (Å²) in [5, 5.41) is 18.4. The van der Waals surface area contributed by atoms with Gasteiger partial charge in [0.1, 0.15) is 11.7 Å². The van der Waals surface area contributed by atoms with Crippen LogP contribution in [0, 0.1) is 0 Å². The van der Waals surface area contributed by atoms with Crippen LogP contribution in [0.2, 0.25) is 0 Å². The van der Waals surface area contributed by atoms with E-state index in [-0.39, 0.29) is 5.75 Å². The smallest absolute Gasteiger partial charge is 0.318 e. The fourth-order valence-corrected chi connectivity index (χ4v) is 1.84. The molecule has 0 saturated heterocycles. The van der Waals surface area contributed by atoms with Crippen LogP contribution in [0.3, 0.4) is 0 Å². The van der Waals surface area contributed by atoms with Gasteiger partial charge < -0.3 is 10.2 Å². The maximum Gasteiger partial charge on any atom is 0.318 e. The van der Waals surface area contributed by atoms with Gasteiger partial charge in [0, 0.05) is 5.56 Å². The molecule has 2 aromatic rings. The van der Waals surface area contributed by atoms with E-state index in [1.165, 1.54) is 24.3 Å². The topological polar surface area (TPSA) is 74.6 Å². The molecule has 1 atom stereocenters. The number of phenolic OH excluding ortho intramolecular Hbond substituents is 1. The Bertz CT molecular complexity index is 587. The number of ketones is 1. The predicted octanol–water partition coefficient (Wildman–Crippen LogP) is 2.44. The van der Waals surface area contributed by atoms with Crippen molar-refractivity contribution in [3.63, 3.8) is 0 Å². The molecule has 96 valence electrons. The van der Waals surface area contributed by atoms with Crippen molar-refractivity contribution in [3.8, 4) is 5.75 Å². The number of Topliss-reactive ketones (excluding diaryl/α,β-unsaturated/α-hetero) is 1. The lowest BCUT2D eigenvalue weighted by Gasteiger charge is -2.11. The number of carboxylic acid groups (broad SMARTS) is 1. The summed E-state index contributed by atoms with van der Waals surface area (Å²) in [7, 11) is 0. The second kappa shape index (κ2) is 5.35. The number of carbonyl (C=O) groups is 2. The zero-order valence-corrected chi connectivity index (χ0v) is 9.98. The second-order valence-corrected chi connectivity index (χ2v) is 4.09. The lowest BCUT2D eigenvalue weighted by Crippen LogP contribution is -2.21. The molecule has 0 fully saturated rings. The van der Waals surface area contributed by atoms with E-state index in [0.29, 0.717) is 11.1 Å². The van der Waals surface area contributed by atoms with Gasteiger partial charge >= 0.3 is 5.97 Å². The van der Waals surface area contributed by atoms with Crippen LogP contribution in [0.25, 0.3) is 0 Å². The molecule has 2 rings (SSSR count). The maximum atomic E-state index is 12.2. The molecule has 0 radical (unpaired) electrons. The van der Waals surface area contributed by atoms with Crippen LogP contribution >= 0.6 is 0 Å². The Hall–Kier alpha value is -2.62. The fraction of sp³-hybridized carbons (Fsp3) is 0.0667. The lowest BCUT2D eigenvalue weighted by molar-refractivity contribution is -0.137. The van der Waals surface area contributed by atoms with Crippen molar-refractivity contribution >= 4 is 11.8 Å². The Morgan fingerprint density at radius 2 is 1.47 bits per heavy atom. The number of rotatable bonds is 4. The van der Waals surface area contributed by atoms with Gasteiger partial charge in [0.2, 0.25) is 0 Å². The van der Waals surface area contributed by atoms with Gasteiger partial charge in [-0.1, -0.05) is 42.5 Å². The Morgan fingerprint density at radius 1 is 0.895 bits per heavy atom. The second-order valence-electron chi connectivity index (χ2n) is 4.09. The molecule has 0 aliphatic heterocycles. The largest absolute Gasteiger partial charge is 0.508 e. The third kappa shape index (κ3) is 2.80. The van der Waals surface area contributed by atoms with Gasteiger partial charge in [-0.25, -0.2) is 0 Å². The predicted molar refractivity (Wildman–Crippen MR) is 69.3 cm³/mol. The van der Waals surface area contributed by atoms with Crippen LogP contribution in [0.5, 0.6) is 5.75 Å². The van der Waals surface area contributed by atoms with Crippen molar-refractivity contribution in [2.24, 2.45) is 0 Å². The molecule has 19 heavy (non-hydrogen) atoms. The number of carboxylic acids is 1. The minimum absolute atomic E-state index is 0.0278. The zero-order chi connectivity index (χ0) is 13.8. The van der Waals surface area contributed by atoms with E-state index >= 15 is 0 Å². The minimum Gasteiger partial charge on any atom is -0.508 e. The van der Waals surface area contributed by atoms with Crippen LogP contribution in [-0.4, -0.2) is 22.0 Å². The minimum atomic E-state index is -1.26. The average Bonchev–Trinajstić information content (AvgIpc) is 2.42. The monoisotopic (exact) mass is 256 g/mol. The quantitative estimate of drug-likeness (QED) is 0.650. The van der Waals surface area contributed by atoms with Crippen molar-refractivity contribution in [1.29, 1.82) is 0 Å². The molecule has 0 amide bonds. The van der Waals surface area contributed by atoms with Gasteiger partial charge in [-0.05, 0) is 17.7 Å². The van der Waals surface area contributed by atoms with Crippen molar-refractivity contribution in [2.45, 2.75) is 5.92 Å². The van der Waals surface area contributed by atoms with E-state index in [2.05, 4.69) is 0 Å². The zero-order valence-electron chi connectivity index (χ0n) is 9.98. The molecule has 2 N–H and O–H groups in total. The van der Waals surface area contributed by atoms with E-state index in [0.717, 1.165) is 0 Å². The van der Waals surface area contributed by atoms with E-state index < -0.39 is 17.7 Å². The highest BCUT2D eigenvalue weighted by Gasteiger charge is 2.28. The van der Waals surface area contributed by atoms with Gasteiger partial charge in [0.05, 0.1) is 0 Å². The number of hydrogen-bond donors (Lipinski definition) is 2. The molecule has 1 unspecified atom stereocenters. The molecule has 4 nitrogen and oxygen atoms in total. The Morgan fingerprint density at radius 3 is 2.00 bits per heavy atom. The van der Waals surface area contributed by atoms with Crippen molar-refractivity contribution < 1.29 is 19.8 Å². The SMILES string of the molecule is O=C(O)C(C(=O)c1ccccc1)c1ccc(O)cc1. The molecular formula is C15H12O4. The summed E-state index contributed by atoms with van der Waals surface area (Å²) >= 11 is 0.